The molecule has 0 aromatic heterocycles. The van der Waals surface area contributed by atoms with Gasteiger partial charge in [0.25, 0.3) is 5.91 Å². The van der Waals surface area contributed by atoms with Gasteiger partial charge in [0, 0.05) is 24.7 Å². The number of amides is 2. The molecular formula is C24H31ClF2N4O4. The van der Waals surface area contributed by atoms with Gasteiger partial charge in [-0.15, -0.1) is 0 Å². The molecule has 5 fully saturated rings. The zero-order chi connectivity index (χ0) is 24.8. The van der Waals surface area contributed by atoms with Gasteiger partial charge < -0.3 is 20.5 Å². The molecule has 4 N–H and O–H groups in total. The standard InChI is InChI=1S/C24H31ClF2N4O4/c25-16-3-2-15(9-17(16)27)35-13-21(33)29-24-7-5-23(6-8-24,10-19(24)32)30-22(34)18-12-31-11-14(26)1-4-20(31)28-18/h2-3,9,14,18-20,28,32H,1,4-8,10-13H2,(H,29,33)(H,30,34). The number of nitrogens with zero attached hydrogens (tertiary/aromatic N) is 1. The molecule has 2 saturated heterocycles. The zero-order valence-electron chi connectivity index (χ0n) is 19.4. The second-order valence-corrected chi connectivity index (χ2v) is 10.8. The molecule has 3 aliphatic carbocycles. The maximum Gasteiger partial charge on any atom is 0.258 e. The smallest absolute Gasteiger partial charge is 0.258 e. The van der Waals surface area contributed by atoms with E-state index < -0.39 is 41.1 Å². The lowest BCUT2D eigenvalue weighted by Crippen LogP contribution is -2.71. The number of halogens is 3. The van der Waals surface area contributed by atoms with Gasteiger partial charge in [-0.3, -0.25) is 19.8 Å². The van der Waals surface area contributed by atoms with Crippen LogP contribution in [0.25, 0.3) is 0 Å². The Morgan fingerprint density at radius 2 is 1.97 bits per heavy atom. The van der Waals surface area contributed by atoms with Crippen LogP contribution in [0.15, 0.2) is 18.2 Å². The normalized spacial score (nSPS) is 36.5. The second kappa shape index (κ2) is 9.46. The van der Waals surface area contributed by atoms with Crippen molar-refractivity contribution in [1.29, 1.82) is 0 Å². The van der Waals surface area contributed by atoms with Crippen LogP contribution in [0.5, 0.6) is 5.75 Å². The van der Waals surface area contributed by atoms with Gasteiger partial charge in [0.15, 0.2) is 6.61 Å². The van der Waals surface area contributed by atoms with Crippen LogP contribution < -0.4 is 20.7 Å². The Balaban J connectivity index is 1.14. The summed E-state index contributed by atoms with van der Waals surface area (Å²) in [5.41, 5.74) is -1.30. The average molecular weight is 513 g/mol. The third-order valence-electron chi connectivity index (χ3n) is 8.11. The lowest BCUT2D eigenvalue weighted by molar-refractivity contribution is -0.136. The second-order valence-electron chi connectivity index (χ2n) is 10.4. The number of aliphatic hydroxyl groups is 1. The molecule has 35 heavy (non-hydrogen) atoms. The highest BCUT2D eigenvalue weighted by atomic mass is 35.5. The summed E-state index contributed by atoms with van der Waals surface area (Å²) in [6.07, 6.45) is 2.21. The van der Waals surface area contributed by atoms with E-state index in [1.165, 1.54) is 12.1 Å². The molecule has 2 aliphatic heterocycles. The fourth-order valence-electron chi connectivity index (χ4n) is 6.10. The van der Waals surface area contributed by atoms with Crippen LogP contribution in [-0.4, -0.2) is 77.1 Å². The van der Waals surface area contributed by atoms with Crippen molar-refractivity contribution >= 4 is 23.4 Å². The molecule has 1 aromatic rings. The first-order valence-corrected chi connectivity index (χ1v) is 12.6. The van der Waals surface area contributed by atoms with E-state index >= 15 is 0 Å². The Labute approximate surface area is 207 Å². The van der Waals surface area contributed by atoms with E-state index in [2.05, 4.69) is 16.0 Å². The number of ether oxygens (including phenoxy) is 1. The maximum atomic E-state index is 13.7. The molecular weight excluding hydrogens is 482 g/mol. The monoisotopic (exact) mass is 512 g/mol. The van der Waals surface area contributed by atoms with Crippen molar-refractivity contribution in [3.05, 3.63) is 29.0 Å². The summed E-state index contributed by atoms with van der Waals surface area (Å²) in [5.74, 6) is -0.973. The molecule has 192 valence electrons. The van der Waals surface area contributed by atoms with Crippen LogP contribution in [0.1, 0.15) is 44.9 Å². The van der Waals surface area contributed by atoms with E-state index in [-0.39, 0.29) is 29.5 Å². The van der Waals surface area contributed by atoms with Gasteiger partial charge in [0.2, 0.25) is 5.91 Å². The quantitative estimate of drug-likeness (QED) is 0.462. The lowest BCUT2D eigenvalue weighted by Gasteiger charge is -2.56. The predicted octanol–water partition coefficient (Wildman–Crippen LogP) is 1.64. The zero-order valence-corrected chi connectivity index (χ0v) is 20.1. The fraction of sp³-hybridized carbons (Fsp3) is 0.667. The number of hydrogen-bond donors (Lipinski definition) is 4. The summed E-state index contributed by atoms with van der Waals surface area (Å²) in [6, 6.07) is 3.54. The predicted molar refractivity (Wildman–Crippen MR) is 124 cm³/mol. The average Bonchev–Trinajstić information content (AvgIpc) is 3.24. The van der Waals surface area contributed by atoms with E-state index in [9.17, 15) is 23.5 Å². The molecule has 2 amide bonds. The van der Waals surface area contributed by atoms with Crippen molar-refractivity contribution in [1.82, 2.24) is 20.9 Å². The minimum atomic E-state index is -0.846. The van der Waals surface area contributed by atoms with Gasteiger partial charge in [-0.1, -0.05) is 11.6 Å². The molecule has 4 atom stereocenters. The van der Waals surface area contributed by atoms with Crippen LogP contribution >= 0.6 is 11.6 Å². The SMILES string of the molecule is O=C(COc1ccc(Cl)c(F)c1)NC12CCC(NC(=O)C3CN4CC(F)CCC4N3)(CC1)CC2O. The molecule has 11 heteroatoms. The Hall–Kier alpha value is -2.01. The van der Waals surface area contributed by atoms with Crippen molar-refractivity contribution in [3.8, 4) is 5.75 Å². The van der Waals surface area contributed by atoms with Crippen molar-refractivity contribution < 1.29 is 28.2 Å². The summed E-state index contributed by atoms with van der Waals surface area (Å²) in [6.45, 7) is 0.513. The number of benzene rings is 1. The van der Waals surface area contributed by atoms with Gasteiger partial charge in [-0.25, -0.2) is 8.78 Å². The van der Waals surface area contributed by atoms with Crippen molar-refractivity contribution in [3.63, 3.8) is 0 Å². The first kappa shape index (κ1) is 24.7. The van der Waals surface area contributed by atoms with Crippen molar-refractivity contribution in [2.45, 2.75) is 80.5 Å². The highest BCUT2D eigenvalue weighted by molar-refractivity contribution is 6.30. The minimum absolute atomic E-state index is 0.0308. The third kappa shape index (κ3) is 4.98. The van der Waals surface area contributed by atoms with Crippen LogP contribution in [-0.2, 0) is 9.59 Å². The molecule has 5 aliphatic rings. The summed E-state index contributed by atoms with van der Waals surface area (Å²) in [4.78, 5) is 27.6. The minimum Gasteiger partial charge on any atom is -0.484 e. The van der Waals surface area contributed by atoms with E-state index in [1.807, 2.05) is 4.90 Å². The fourth-order valence-corrected chi connectivity index (χ4v) is 6.22. The first-order valence-electron chi connectivity index (χ1n) is 12.2. The summed E-state index contributed by atoms with van der Waals surface area (Å²) >= 11 is 5.66. The number of aliphatic hydroxyl groups excluding tert-OH is 1. The Bertz CT molecular complexity index is 990. The molecule has 0 radical (unpaired) electrons. The highest BCUT2D eigenvalue weighted by Gasteiger charge is 2.56. The number of carbonyl (C=O) groups is 2. The number of nitrogens with one attached hydrogen (secondary N) is 3. The lowest BCUT2D eigenvalue weighted by atomic mass is 9.59. The van der Waals surface area contributed by atoms with Gasteiger partial charge in [0.05, 0.1) is 22.8 Å². The summed E-state index contributed by atoms with van der Waals surface area (Å²) < 4.78 is 32.7. The van der Waals surface area contributed by atoms with Crippen LogP contribution in [0.2, 0.25) is 5.02 Å². The van der Waals surface area contributed by atoms with Crippen LogP contribution in [0.3, 0.4) is 0 Å². The van der Waals surface area contributed by atoms with Gasteiger partial charge in [0.1, 0.15) is 23.8 Å². The molecule has 2 bridgehead atoms. The van der Waals surface area contributed by atoms with E-state index in [1.54, 1.807) is 0 Å². The number of piperidine rings is 1. The van der Waals surface area contributed by atoms with E-state index in [0.717, 1.165) is 6.07 Å². The van der Waals surface area contributed by atoms with E-state index in [0.29, 0.717) is 58.0 Å². The maximum absolute atomic E-state index is 13.7. The summed E-state index contributed by atoms with van der Waals surface area (Å²) in [5, 5.41) is 20.3. The largest absolute Gasteiger partial charge is 0.484 e. The molecule has 2 heterocycles. The molecule has 4 unspecified atom stereocenters. The van der Waals surface area contributed by atoms with Crippen molar-refractivity contribution in [2.75, 3.05) is 19.7 Å². The Morgan fingerprint density at radius 3 is 2.69 bits per heavy atom. The third-order valence-corrected chi connectivity index (χ3v) is 8.42. The number of hydrogen-bond acceptors (Lipinski definition) is 6. The number of rotatable bonds is 6. The van der Waals surface area contributed by atoms with Crippen LogP contribution in [0.4, 0.5) is 8.78 Å². The molecule has 8 nitrogen and oxygen atoms in total. The molecule has 6 rings (SSSR count). The number of alkyl halides is 1. The Kier molecular flexibility index (Phi) is 6.67. The topological polar surface area (TPSA) is 103 Å². The number of fused-ring (bicyclic) bond motifs is 4. The van der Waals surface area contributed by atoms with Gasteiger partial charge in [-0.05, 0) is 57.1 Å². The summed E-state index contributed by atoms with van der Waals surface area (Å²) in [7, 11) is 0. The molecule has 0 spiro atoms. The number of carbonyl (C=O) groups excluding carboxylic acids is 2. The van der Waals surface area contributed by atoms with Crippen LogP contribution in [0, 0.1) is 5.82 Å². The highest BCUT2D eigenvalue weighted by Crippen LogP contribution is 2.47. The molecule has 3 saturated carbocycles. The Morgan fingerprint density at radius 1 is 1.20 bits per heavy atom. The van der Waals surface area contributed by atoms with Crippen molar-refractivity contribution in [2.24, 2.45) is 0 Å². The van der Waals surface area contributed by atoms with Gasteiger partial charge in [-0.2, -0.15) is 0 Å². The van der Waals surface area contributed by atoms with Gasteiger partial charge >= 0.3 is 0 Å². The van der Waals surface area contributed by atoms with E-state index in [4.69, 9.17) is 16.3 Å². The first-order chi connectivity index (χ1) is 16.7. The molecule has 1 aromatic carbocycles.